The van der Waals surface area contributed by atoms with Crippen LogP contribution in [0.2, 0.25) is 0 Å². The van der Waals surface area contributed by atoms with Gasteiger partial charge in [-0.2, -0.15) is 0 Å². The Balaban J connectivity index is 0. The van der Waals surface area contributed by atoms with E-state index in [1.165, 1.54) is 0 Å². The minimum Gasteiger partial charge on any atom is -0.0931 e. The summed E-state index contributed by atoms with van der Waals surface area (Å²) in [4.78, 5) is 0. The van der Waals surface area contributed by atoms with Crippen molar-refractivity contribution in [2.45, 2.75) is 6.92 Å². The number of alkyl halides is 1. The standard InChI is InChI=1S/C2H5Br.Cl2P/c1-2-3;1-3-2/h2H2,1H3;. The number of hydrogen-bond donors (Lipinski definition) is 0. The highest BCUT2D eigenvalue weighted by molar-refractivity contribution is 9.09. The van der Waals surface area contributed by atoms with Crippen molar-refractivity contribution in [2.24, 2.45) is 0 Å². The molecule has 0 aliphatic carbocycles. The van der Waals surface area contributed by atoms with Gasteiger partial charge >= 0.3 is 0 Å². The lowest BCUT2D eigenvalue weighted by atomic mass is 11.0. The molecule has 0 aromatic heterocycles. The van der Waals surface area contributed by atoms with Crippen LogP contribution in [-0.4, -0.2) is 5.33 Å². The Bertz CT molecular complexity index is 13.5. The molecule has 0 N–H and O–H groups in total. The van der Waals surface area contributed by atoms with E-state index in [0.29, 0.717) is 7.29 Å². The van der Waals surface area contributed by atoms with Gasteiger partial charge in [-0.15, -0.1) is 0 Å². The lowest BCUT2D eigenvalue weighted by molar-refractivity contribution is 1.56. The van der Waals surface area contributed by atoms with E-state index >= 15 is 0 Å². The van der Waals surface area contributed by atoms with Gasteiger partial charge in [-0.3, -0.25) is 0 Å². The first-order valence-corrected chi connectivity index (χ1v) is 5.14. The summed E-state index contributed by atoms with van der Waals surface area (Å²) >= 11 is 12.6. The molecule has 0 aromatic carbocycles. The zero-order valence-corrected chi connectivity index (χ0v) is 7.28. The lowest BCUT2D eigenvalue weighted by Gasteiger charge is -1.45. The van der Waals surface area contributed by atoms with Crippen LogP contribution in [0.1, 0.15) is 6.92 Å². The molecular formula is C2H5BrCl2P. The molecule has 0 rings (SSSR count). The maximum atomic E-state index is 4.74. The van der Waals surface area contributed by atoms with Gasteiger partial charge in [0.2, 0.25) is 0 Å². The highest BCUT2D eigenvalue weighted by atomic mass is 79.9. The molecule has 0 saturated heterocycles. The molecule has 0 unspecified atom stereocenters. The predicted molar refractivity (Wildman–Crippen MR) is 38.1 cm³/mol. The van der Waals surface area contributed by atoms with Crippen LogP contribution in [0.3, 0.4) is 0 Å². The van der Waals surface area contributed by atoms with Crippen molar-refractivity contribution in [1.29, 1.82) is 0 Å². The topological polar surface area (TPSA) is 0 Å². The maximum Gasteiger partial charge on any atom is 0.141 e. The number of rotatable bonds is 0. The molecule has 0 aliphatic heterocycles. The summed E-state index contributed by atoms with van der Waals surface area (Å²) in [6.07, 6.45) is 0. The van der Waals surface area contributed by atoms with Gasteiger partial charge < -0.3 is 0 Å². The summed E-state index contributed by atoms with van der Waals surface area (Å²) in [7, 11) is 0.361. The second-order valence-electron chi connectivity index (χ2n) is 0.331. The second kappa shape index (κ2) is 16.1. The van der Waals surface area contributed by atoms with Crippen molar-refractivity contribution in [3.63, 3.8) is 0 Å². The Hall–Kier alpha value is 1.49. The third-order valence-corrected chi connectivity index (χ3v) is 0. The van der Waals surface area contributed by atoms with Crippen molar-refractivity contribution < 1.29 is 0 Å². The molecule has 0 bridgehead atoms. The molecule has 0 fully saturated rings. The first kappa shape index (κ1) is 10.5. The Kier molecular flexibility index (Phi) is 28.0. The van der Waals surface area contributed by atoms with Crippen molar-refractivity contribution in [2.75, 3.05) is 5.33 Å². The molecule has 0 amide bonds. The largest absolute Gasteiger partial charge is 0.141 e. The average Bonchev–Trinajstić information content (AvgIpc) is 1.39. The van der Waals surface area contributed by atoms with Gasteiger partial charge in [0, 0.05) is 5.33 Å². The Labute approximate surface area is 58.1 Å². The van der Waals surface area contributed by atoms with Crippen molar-refractivity contribution in [3.8, 4) is 0 Å². The van der Waals surface area contributed by atoms with Gasteiger partial charge in [0.25, 0.3) is 0 Å². The summed E-state index contributed by atoms with van der Waals surface area (Å²) in [5, 5.41) is 1.06. The van der Waals surface area contributed by atoms with Gasteiger partial charge in [-0.25, -0.2) is 0 Å². The first-order valence-electron chi connectivity index (χ1n) is 1.31. The van der Waals surface area contributed by atoms with E-state index in [9.17, 15) is 0 Å². The van der Waals surface area contributed by atoms with Crippen LogP contribution in [-0.2, 0) is 0 Å². The third kappa shape index (κ3) is 49.9. The molecule has 0 saturated carbocycles. The molecule has 0 heterocycles. The van der Waals surface area contributed by atoms with Crippen molar-refractivity contribution in [1.82, 2.24) is 0 Å². The molecule has 0 aliphatic rings. The first-order chi connectivity index (χ1) is 2.83. The number of hydrogen-bond acceptors (Lipinski definition) is 0. The molecule has 6 heavy (non-hydrogen) atoms. The minimum atomic E-state index is 0.361. The summed E-state index contributed by atoms with van der Waals surface area (Å²) < 4.78 is 0. The molecule has 39 valence electrons. The van der Waals surface area contributed by atoms with Crippen LogP contribution in [0.5, 0.6) is 0 Å². The van der Waals surface area contributed by atoms with E-state index < -0.39 is 0 Å². The normalized spacial score (nSPS) is 6.00. The SMILES string of the molecule is CCBr.Cl[P]Cl. The van der Waals surface area contributed by atoms with E-state index in [1.54, 1.807) is 0 Å². The monoisotopic (exact) mass is 209 g/mol. The van der Waals surface area contributed by atoms with Crippen LogP contribution in [0.4, 0.5) is 0 Å². The van der Waals surface area contributed by atoms with E-state index in [1.807, 2.05) is 6.92 Å². The molecule has 0 atom stereocenters. The fourth-order valence-corrected chi connectivity index (χ4v) is 0. The smallest absolute Gasteiger partial charge is 0.0931 e. The van der Waals surface area contributed by atoms with Gasteiger partial charge in [0.05, 0.1) is 0 Å². The van der Waals surface area contributed by atoms with Crippen LogP contribution in [0.15, 0.2) is 0 Å². The molecule has 4 heteroatoms. The molecular weight excluding hydrogens is 206 g/mol. The maximum absolute atomic E-state index is 4.74. The number of halogens is 3. The van der Waals surface area contributed by atoms with Crippen molar-refractivity contribution >= 4 is 45.7 Å². The van der Waals surface area contributed by atoms with Crippen LogP contribution >= 0.6 is 45.7 Å². The quantitative estimate of drug-likeness (QED) is 0.423. The van der Waals surface area contributed by atoms with Gasteiger partial charge in [-0.1, -0.05) is 45.3 Å². The highest BCUT2D eigenvalue weighted by Gasteiger charge is 1.45. The van der Waals surface area contributed by atoms with Gasteiger partial charge in [0.1, 0.15) is 7.29 Å². The lowest BCUT2D eigenvalue weighted by Crippen LogP contribution is -1.34. The Morgan fingerprint density at radius 1 is 1.67 bits per heavy atom. The van der Waals surface area contributed by atoms with Crippen LogP contribution in [0.25, 0.3) is 0 Å². The summed E-state index contributed by atoms with van der Waals surface area (Å²) in [5.41, 5.74) is 0. The van der Waals surface area contributed by atoms with Crippen LogP contribution in [0, 0.1) is 0 Å². The van der Waals surface area contributed by atoms with E-state index in [2.05, 4.69) is 15.9 Å². The van der Waals surface area contributed by atoms with E-state index in [4.69, 9.17) is 22.5 Å². The van der Waals surface area contributed by atoms with E-state index in [0.717, 1.165) is 5.33 Å². The highest BCUT2D eigenvalue weighted by Crippen LogP contribution is 2.19. The fourth-order valence-electron chi connectivity index (χ4n) is 0. The molecule has 1 radical (unpaired) electrons. The van der Waals surface area contributed by atoms with Gasteiger partial charge in [0.15, 0.2) is 0 Å². The van der Waals surface area contributed by atoms with Crippen LogP contribution < -0.4 is 0 Å². The predicted octanol–water partition coefficient (Wildman–Crippen LogP) is 3.64. The Morgan fingerprint density at radius 2 is 1.67 bits per heavy atom. The van der Waals surface area contributed by atoms with Crippen molar-refractivity contribution in [3.05, 3.63) is 0 Å². The molecule has 0 aromatic rings. The molecule has 0 spiro atoms. The third-order valence-electron chi connectivity index (χ3n) is 0. The van der Waals surface area contributed by atoms with Gasteiger partial charge in [-0.05, 0) is 0 Å². The average molecular weight is 211 g/mol. The summed E-state index contributed by atoms with van der Waals surface area (Å²) in [5.74, 6) is 0. The minimum absolute atomic E-state index is 0.361. The fraction of sp³-hybridized carbons (Fsp3) is 1.00. The molecule has 0 nitrogen and oxygen atoms in total. The summed E-state index contributed by atoms with van der Waals surface area (Å²) in [6.45, 7) is 2.04. The zero-order valence-electron chi connectivity index (χ0n) is 3.29. The van der Waals surface area contributed by atoms with E-state index in [-0.39, 0.29) is 0 Å². The zero-order chi connectivity index (χ0) is 5.41. The second-order valence-corrected chi connectivity index (χ2v) is 3.11. The summed E-state index contributed by atoms with van der Waals surface area (Å²) in [6, 6.07) is 0. The Morgan fingerprint density at radius 3 is 1.67 bits per heavy atom.